The van der Waals surface area contributed by atoms with Crippen molar-refractivity contribution in [2.24, 2.45) is 11.3 Å². The molecule has 1 unspecified atom stereocenters. The number of hydrogen-bond acceptors (Lipinski definition) is 2. The maximum Gasteiger partial charge on any atom is 0.330 e. The van der Waals surface area contributed by atoms with E-state index >= 15 is 0 Å². The Morgan fingerprint density at radius 2 is 1.81 bits per heavy atom. The molecule has 0 saturated heterocycles. The normalized spacial score (nSPS) is 30.6. The van der Waals surface area contributed by atoms with Gasteiger partial charge in [0, 0.05) is 6.08 Å². The monoisotopic (exact) mass is 222 g/mol. The lowest BCUT2D eigenvalue weighted by molar-refractivity contribution is -0.151. The molecule has 2 aliphatic carbocycles. The lowest BCUT2D eigenvalue weighted by Gasteiger charge is -2.22. The molecule has 2 aliphatic rings. The third kappa shape index (κ3) is 2.66. The van der Waals surface area contributed by atoms with Gasteiger partial charge < -0.3 is 4.74 Å². The Morgan fingerprint density at radius 3 is 2.31 bits per heavy atom. The molecule has 0 aromatic rings. The third-order valence-electron chi connectivity index (χ3n) is 4.06. The van der Waals surface area contributed by atoms with Crippen LogP contribution in [-0.4, -0.2) is 11.6 Å². The fourth-order valence-electron chi connectivity index (χ4n) is 2.53. The summed E-state index contributed by atoms with van der Waals surface area (Å²) in [6.07, 6.45) is 9.23. The van der Waals surface area contributed by atoms with Gasteiger partial charge in [-0.2, -0.15) is 0 Å². The molecule has 90 valence electrons. The van der Waals surface area contributed by atoms with Crippen molar-refractivity contribution in [3.05, 3.63) is 12.2 Å². The van der Waals surface area contributed by atoms with Gasteiger partial charge in [-0.15, -0.1) is 0 Å². The van der Waals surface area contributed by atoms with Crippen LogP contribution in [0.25, 0.3) is 0 Å². The number of carbonyl (C=O) groups is 1. The van der Waals surface area contributed by atoms with Crippen LogP contribution in [0.15, 0.2) is 12.2 Å². The predicted octanol–water partition coefficient (Wildman–Crippen LogP) is 3.46. The molecule has 0 radical (unpaired) electrons. The Balaban J connectivity index is 1.80. The fourth-order valence-corrected chi connectivity index (χ4v) is 2.53. The van der Waals surface area contributed by atoms with Gasteiger partial charge in [-0.1, -0.05) is 19.9 Å². The average molecular weight is 222 g/mol. The quantitative estimate of drug-likeness (QED) is 0.540. The first-order chi connectivity index (χ1) is 7.41. The highest BCUT2D eigenvalue weighted by molar-refractivity contribution is 5.82. The SMILES string of the molecule is CC1(OC(=O)/C=C\C2CC2(C)C)CCCC1. The van der Waals surface area contributed by atoms with E-state index in [1.165, 1.54) is 19.3 Å². The zero-order valence-corrected chi connectivity index (χ0v) is 10.6. The molecule has 2 heteroatoms. The van der Waals surface area contributed by atoms with Gasteiger partial charge in [0.25, 0.3) is 0 Å². The van der Waals surface area contributed by atoms with Crippen LogP contribution in [-0.2, 0) is 9.53 Å². The van der Waals surface area contributed by atoms with E-state index in [1.54, 1.807) is 6.08 Å². The van der Waals surface area contributed by atoms with Gasteiger partial charge in [0.2, 0.25) is 0 Å². The fraction of sp³-hybridized carbons (Fsp3) is 0.786. The highest BCUT2D eigenvalue weighted by Gasteiger charge is 2.43. The van der Waals surface area contributed by atoms with Crippen LogP contribution < -0.4 is 0 Å². The van der Waals surface area contributed by atoms with Gasteiger partial charge in [0.15, 0.2) is 0 Å². The molecular formula is C14H22O2. The zero-order chi connectivity index (χ0) is 11.8. The van der Waals surface area contributed by atoms with Crippen LogP contribution in [0.1, 0.15) is 52.9 Å². The third-order valence-corrected chi connectivity index (χ3v) is 4.06. The van der Waals surface area contributed by atoms with E-state index in [0.29, 0.717) is 11.3 Å². The molecule has 2 rings (SSSR count). The van der Waals surface area contributed by atoms with Crippen LogP contribution >= 0.6 is 0 Å². The van der Waals surface area contributed by atoms with Gasteiger partial charge >= 0.3 is 5.97 Å². The van der Waals surface area contributed by atoms with E-state index in [-0.39, 0.29) is 11.6 Å². The van der Waals surface area contributed by atoms with Crippen molar-refractivity contribution < 1.29 is 9.53 Å². The Hall–Kier alpha value is -0.790. The molecule has 0 heterocycles. The molecule has 2 nitrogen and oxygen atoms in total. The summed E-state index contributed by atoms with van der Waals surface area (Å²) in [5.41, 5.74) is 0.203. The minimum Gasteiger partial charge on any atom is -0.456 e. The number of rotatable bonds is 3. The second kappa shape index (κ2) is 3.90. The first-order valence-electron chi connectivity index (χ1n) is 6.33. The van der Waals surface area contributed by atoms with Crippen LogP contribution in [0.2, 0.25) is 0 Å². The summed E-state index contributed by atoms with van der Waals surface area (Å²) in [7, 11) is 0. The zero-order valence-electron chi connectivity index (χ0n) is 10.6. The summed E-state index contributed by atoms with van der Waals surface area (Å²) in [5.74, 6) is 0.406. The predicted molar refractivity (Wildman–Crippen MR) is 64.0 cm³/mol. The van der Waals surface area contributed by atoms with Crippen LogP contribution in [0.4, 0.5) is 0 Å². The Morgan fingerprint density at radius 1 is 1.25 bits per heavy atom. The standard InChI is InChI=1S/C14H22O2/c1-13(2)10-11(13)6-7-12(15)16-14(3)8-4-5-9-14/h6-7,11H,4-5,8-10H2,1-3H3/b7-6-. The molecule has 2 saturated carbocycles. The maximum atomic E-state index is 11.6. The number of allylic oxidation sites excluding steroid dienone is 1. The van der Waals surface area contributed by atoms with Gasteiger partial charge in [0.05, 0.1) is 0 Å². The molecule has 0 amide bonds. The van der Waals surface area contributed by atoms with Crippen molar-refractivity contribution in [1.82, 2.24) is 0 Å². The molecule has 0 aromatic carbocycles. The van der Waals surface area contributed by atoms with Crippen molar-refractivity contribution in [3.8, 4) is 0 Å². The number of esters is 1. The summed E-state index contributed by atoms with van der Waals surface area (Å²) < 4.78 is 5.52. The molecule has 16 heavy (non-hydrogen) atoms. The van der Waals surface area contributed by atoms with E-state index in [2.05, 4.69) is 13.8 Å². The highest BCUT2D eigenvalue weighted by atomic mass is 16.6. The van der Waals surface area contributed by atoms with Gasteiger partial charge in [-0.05, 0) is 50.4 Å². The van der Waals surface area contributed by atoms with Crippen molar-refractivity contribution in [3.63, 3.8) is 0 Å². The second-order valence-corrected chi connectivity index (χ2v) is 6.24. The van der Waals surface area contributed by atoms with Crippen molar-refractivity contribution in [2.45, 2.75) is 58.5 Å². The second-order valence-electron chi connectivity index (χ2n) is 6.24. The number of hydrogen-bond donors (Lipinski definition) is 0. The summed E-state index contributed by atoms with van der Waals surface area (Å²) in [4.78, 5) is 11.6. The topological polar surface area (TPSA) is 26.3 Å². The smallest absolute Gasteiger partial charge is 0.330 e. The molecule has 0 aliphatic heterocycles. The largest absolute Gasteiger partial charge is 0.456 e. The Labute approximate surface area is 98.1 Å². The van der Waals surface area contributed by atoms with Crippen LogP contribution in [0.3, 0.4) is 0 Å². The van der Waals surface area contributed by atoms with Gasteiger partial charge in [0.1, 0.15) is 5.60 Å². The minimum atomic E-state index is -0.194. The molecule has 1 atom stereocenters. The lowest BCUT2D eigenvalue weighted by atomic mass is 10.1. The highest BCUT2D eigenvalue weighted by Crippen LogP contribution is 2.52. The molecular weight excluding hydrogens is 200 g/mol. The Bertz CT molecular complexity index is 309. The number of ether oxygens (including phenoxy) is 1. The first-order valence-corrected chi connectivity index (χ1v) is 6.33. The molecule has 0 bridgehead atoms. The molecule has 0 aromatic heterocycles. The minimum absolute atomic E-state index is 0.160. The van der Waals surface area contributed by atoms with Gasteiger partial charge in [-0.25, -0.2) is 4.79 Å². The number of carbonyl (C=O) groups excluding carboxylic acids is 1. The van der Waals surface area contributed by atoms with E-state index in [1.807, 2.05) is 13.0 Å². The van der Waals surface area contributed by atoms with E-state index < -0.39 is 0 Å². The van der Waals surface area contributed by atoms with Crippen LogP contribution in [0.5, 0.6) is 0 Å². The first kappa shape index (κ1) is 11.7. The Kier molecular flexibility index (Phi) is 2.85. The molecule has 0 spiro atoms. The van der Waals surface area contributed by atoms with E-state index in [0.717, 1.165) is 12.8 Å². The molecule has 0 N–H and O–H groups in total. The van der Waals surface area contributed by atoms with Gasteiger partial charge in [-0.3, -0.25) is 0 Å². The van der Waals surface area contributed by atoms with Crippen molar-refractivity contribution in [1.29, 1.82) is 0 Å². The maximum absolute atomic E-state index is 11.6. The summed E-state index contributed by atoms with van der Waals surface area (Å²) >= 11 is 0. The average Bonchev–Trinajstić information content (AvgIpc) is 2.56. The molecule has 2 fully saturated rings. The van der Waals surface area contributed by atoms with E-state index in [9.17, 15) is 4.79 Å². The summed E-state index contributed by atoms with van der Waals surface area (Å²) in [5, 5.41) is 0. The van der Waals surface area contributed by atoms with E-state index in [4.69, 9.17) is 4.74 Å². The van der Waals surface area contributed by atoms with Crippen LogP contribution in [0, 0.1) is 11.3 Å². The van der Waals surface area contributed by atoms with Crippen molar-refractivity contribution in [2.75, 3.05) is 0 Å². The summed E-state index contributed by atoms with van der Waals surface area (Å²) in [6.45, 7) is 6.50. The lowest BCUT2D eigenvalue weighted by Crippen LogP contribution is -2.27. The summed E-state index contributed by atoms with van der Waals surface area (Å²) in [6, 6.07) is 0. The van der Waals surface area contributed by atoms with Crippen molar-refractivity contribution >= 4 is 5.97 Å².